The van der Waals surface area contributed by atoms with Crippen molar-refractivity contribution in [2.45, 2.75) is 0 Å². The Kier molecular flexibility index (Phi) is 7.36. The number of methoxy groups -OCH3 is 1. The molecule has 0 unspecified atom stereocenters. The van der Waals surface area contributed by atoms with Crippen LogP contribution in [0.25, 0.3) is 0 Å². The van der Waals surface area contributed by atoms with Crippen LogP contribution >= 0.6 is 27.5 Å². The summed E-state index contributed by atoms with van der Waals surface area (Å²) in [5.74, 6) is 0.934. The van der Waals surface area contributed by atoms with Crippen molar-refractivity contribution in [2.75, 3.05) is 32.2 Å². The number of ether oxygens (including phenoxy) is 3. The number of carbonyl (C=O) groups excluding carboxylic acids is 1. The first kappa shape index (κ1) is 18.6. The lowest BCUT2D eigenvalue weighted by Crippen LogP contribution is -2.20. The van der Waals surface area contributed by atoms with E-state index in [0.29, 0.717) is 39.9 Å². The predicted octanol–water partition coefficient (Wildman–Crippen LogP) is 4.15. The first-order valence-corrected chi connectivity index (χ1v) is 8.35. The largest absolute Gasteiger partial charge is 0.491 e. The molecule has 1 amide bonds. The zero-order valence-corrected chi connectivity index (χ0v) is 15.4. The predicted molar refractivity (Wildman–Crippen MR) is 97.1 cm³/mol. The second-order valence-electron chi connectivity index (χ2n) is 4.78. The summed E-state index contributed by atoms with van der Waals surface area (Å²) in [6, 6.07) is 12.2. The molecule has 24 heavy (non-hydrogen) atoms. The van der Waals surface area contributed by atoms with Gasteiger partial charge in [0.25, 0.3) is 5.91 Å². The molecule has 0 bridgehead atoms. The van der Waals surface area contributed by atoms with Crippen molar-refractivity contribution < 1.29 is 19.0 Å². The van der Waals surface area contributed by atoms with Crippen molar-refractivity contribution in [3.05, 3.63) is 52.0 Å². The van der Waals surface area contributed by atoms with Crippen LogP contribution in [-0.2, 0) is 9.53 Å². The van der Waals surface area contributed by atoms with Crippen LogP contribution in [0.5, 0.6) is 11.5 Å². The lowest BCUT2D eigenvalue weighted by atomic mass is 10.3. The van der Waals surface area contributed by atoms with Crippen molar-refractivity contribution in [3.8, 4) is 11.5 Å². The smallest absolute Gasteiger partial charge is 0.262 e. The van der Waals surface area contributed by atoms with Crippen molar-refractivity contribution in [2.24, 2.45) is 0 Å². The van der Waals surface area contributed by atoms with Gasteiger partial charge in [0.1, 0.15) is 18.1 Å². The van der Waals surface area contributed by atoms with E-state index in [4.69, 9.17) is 25.8 Å². The molecule has 0 aromatic heterocycles. The summed E-state index contributed by atoms with van der Waals surface area (Å²) in [7, 11) is 1.61. The highest BCUT2D eigenvalue weighted by Crippen LogP contribution is 2.28. The van der Waals surface area contributed by atoms with Gasteiger partial charge in [-0.25, -0.2) is 0 Å². The summed E-state index contributed by atoms with van der Waals surface area (Å²) in [5.41, 5.74) is 0.633. The molecule has 2 aromatic rings. The number of carbonyl (C=O) groups is 1. The van der Waals surface area contributed by atoms with E-state index in [1.807, 2.05) is 6.07 Å². The fourth-order valence-corrected chi connectivity index (χ4v) is 2.64. The summed E-state index contributed by atoms with van der Waals surface area (Å²) < 4.78 is 16.6. The first-order chi connectivity index (χ1) is 11.6. The highest BCUT2D eigenvalue weighted by atomic mass is 79.9. The Balaban J connectivity index is 1.86. The van der Waals surface area contributed by atoms with Crippen LogP contribution in [0.3, 0.4) is 0 Å². The van der Waals surface area contributed by atoms with Crippen LogP contribution in [0, 0.1) is 0 Å². The van der Waals surface area contributed by atoms with E-state index >= 15 is 0 Å². The van der Waals surface area contributed by atoms with Gasteiger partial charge >= 0.3 is 0 Å². The molecule has 0 saturated carbocycles. The van der Waals surface area contributed by atoms with Gasteiger partial charge in [-0.15, -0.1) is 0 Å². The second-order valence-corrected chi connectivity index (χ2v) is 6.07. The van der Waals surface area contributed by atoms with Crippen LogP contribution in [0.4, 0.5) is 5.69 Å². The Morgan fingerprint density at radius 1 is 1.17 bits per heavy atom. The third-order valence-electron chi connectivity index (χ3n) is 2.93. The molecule has 0 aliphatic heterocycles. The van der Waals surface area contributed by atoms with E-state index in [1.54, 1.807) is 43.5 Å². The number of hydrogen-bond donors (Lipinski definition) is 1. The van der Waals surface area contributed by atoms with E-state index in [0.717, 1.165) is 0 Å². The molecule has 0 radical (unpaired) electrons. The lowest BCUT2D eigenvalue weighted by Gasteiger charge is -2.10. The van der Waals surface area contributed by atoms with Crippen molar-refractivity contribution >= 4 is 39.1 Å². The topological polar surface area (TPSA) is 56.8 Å². The maximum atomic E-state index is 12.0. The maximum Gasteiger partial charge on any atom is 0.262 e. The number of amides is 1. The molecule has 1 N–H and O–H groups in total. The Labute approximate surface area is 154 Å². The molecule has 2 aromatic carbocycles. The van der Waals surface area contributed by atoms with Gasteiger partial charge in [-0.05, 0) is 46.3 Å². The van der Waals surface area contributed by atoms with E-state index in [2.05, 4.69) is 21.2 Å². The number of benzene rings is 2. The van der Waals surface area contributed by atoms with Gasteiger partial charge in [0.15, 0.2) is 6.61 Å². The monoisotopic (exact) mass is 413 g/mol. The van der Waals surface area contributed by atoms with Crippen LogP contribution in [0.15, 0.2) is 46.9 Å². The van der Waals surface area contributed by atoms with E-state index in [9.17, 15) is 4.79 Å². The summed E-state index contributed by atoms with van der Waals surface area (Å²) in [4.78, 5) is 12.0. The third kappa shape index (κ3) is 6.03. The van der Waals surface area contributed by atoms with Crippen molar-refractivity contribution in [1.82, 2.24) is 0 Å². The van der Waals surface area contributed by atoms with Crippen molar-refractivity contribution in [1.29, 1.82) is 0 Å². The highest BCUT2D eigenvalue weighted by Gasteiger charge is 2.07. The first-order valence-electron chi connectivity index (χ1n) is 7.18. The Morgan fingerprint density at radius 2 is 2.00 bits per heavy atom. The van der Waals surface area contributed by atoms with Crippen LogP contribution in [0.2, 0.25) is 5.02 Å². The van der Waals surface area contributed by atoms with E-state index in [-0.39, 0.29) is 12.5 Å². The maximum absolute atomic E-state index is 12.0. The zero-order chi connectivity index (χ0) is 17.4. The summed E-state index contributed by atoms with van der Waals surface area (Å²) in [6.07, 6.45) is 0. The number of anilines is 1. The van der Waals surface area contributed by atoms with Gasteiger partial charge in [-0.3, -0.25) is 4.79 Å². The number of rotatable bonds is 8. The zero-order valence-electron chi connectivity index (χ0n) is 13.1. The van der Waals surface area contributed by atoms with Gasteiger partial charge in [0, 0.05) is 23.9 Å². The standard InChI is InChI=1S/C17H17BrClNO4/c1-22-7-8-23-14-4-2-3-13(10-14)20-17(21)11-24-16-6-5-12(19)9-15(16)18/h2-6,9-10H,7-8,11H2,1H3,(H,20,21). The van der Waals surface area contributed by atoms with E-state index < -0.39 is 0 Å². The van der Waals surface area contributed by atoms with Gasteiger partial charge in [-0.1, -0.05) is 17.7 Å². The molecule has 0 aliphatic rings. The third-order valence-corrected chi connectivity index (χ3v) is 3.78. The molecule has 0 heterocycles. The van der Waals surface area contributed by atoms with Crippen LogP contribution in [-0.4, -0.2) is 32.8 Å². The minimum atomic E-state index is -0.272. The number of hydrogen-bond acceptors (Lipinski definition) is 4. The summed E-state index contributed by atoms with van der Waals surface area (Å²) in [6.45, 7) is 0.830. The van der Waals surface area contributed by atoms with Gasteiger partial charge in [0.2, 0.25) is 0 Å². The minimum Gasteiger partial charge on any atom is -0.491 e. The molecule has 128 valence electrons. The van der Waals surface area contributed by atoms with Crippen molar-refractivity contribution in [3.63, 3.8) is 0 Å². The average Bonchev–Trinajstić information content (AvgIpc) is 2.55. The molecule has 5 nitrogen and oxygen atoms in total. The number of halogens is 2. The van der Waals surface area contributed by atoms with E-state index in [1.165, 1.54) is 0 Å². The minimum absolute atomic E-state index is 0.116. The highest BCUT2D eigenvalue weighted by molar-refractivity contribution is 9.10. The average molecular weight is 415 g/mol. The molecule has 0 spiro atoms. The molecule has 7 heteroatoms. The Hall–Kier alpha value is -1.76. The molecular formula is C17H17BrClNO4. The van der Waals surface area contributed by atoms with Crippen LogP contribution in [0.1, 0.15) is 0 Å². The Morgan fingerprint density at radius 3 is 2.75 bits per heavy atom. The molecule has 0 atom stereocenters. The molecule has 0 aliphatic carbocycles. The number of nitrogens with one attached hydrogen (secondary N) is 1. The fourth-order valence-electron chi connectivity index (χ4n) is 1.84. The molecule has 0 fully saturated rings. The normalized spacial score (nSPS) is 10.3. The summed E-state index contributed by atoms with van der Waals surface area (Å²) in [5, 5.41) is 3.34. The molecule has 2 rings (SSSR count). The van der Waals surface area contributed by atoms with Gasteiger partial charge < -0.3 is 19.5 Å². The summed E-state index contributed by atoms with van der Waals surface area (Å²) >= 11 is 9.20. The molecular weight excluding hydrogens is 398 g/mol. The molecule has 0 saturated heterocycles. The second kappa shape index (κ2) is 9.52. The fraction of sp³-hybridized carbons (Fsp3) is 0.235. The van der Waals surface area contributed by atoms with Gasteiger partial charge in [-0.2, -0.15) is 0 Å². The Bertz CT molecular complexity index is 696. The van der Waals surface area contributed by atoms with Crippen LogP contribution < -0.4 is 14.8 Å². The quantitative estimate of drug-likeness (QED) is 0.660. The lowest BCUT2D eigenvalue weighted by molar-refractivity contribution is -0.118. The SMILES string of the molecule is COCCOc1cccc(NC(=O)COc2ccc(Cl)cc2Br)c1. The van der Waals surface area contributed by atoms with Gasteiger partial charge in [0.05, 0.1) is 11.1 Å².